The van der Waals surface area contributed by atoms with Gasteiger partial charge in [-0.05, 0) is 68.5 Å². The van der Waals surface area contributed by atoms with Gasteiger partial charge in [0.15, 0.2) is 0 Å². The van der Waals surface area contributed by atoms with Crippen molar-refractivity contribution in [1.29, 1.82) is 0 Å². The summed E-state index contributed by atoms with van der Waals surface area (Å²) in [5.74, 6) is 0.119. The first-order chi connectivity index (χ1) is 13.1. The lowest BCUT2D eigenvalue weighted by atomic mass is 9.66. The van der Waals surface area contributed by atoms with Crippen LogP contribution in [0, 0.1) is 5.41 Å². The number of para-hydroxylation sites is 1. The predicted octanol–water partition coefficient (Wildman–Crippen LogP) is 4.77. The Morgan fingerprint density at radius 2 is 1.96 bits per heavy atom. The number of piperidine rings is 1. The normalized spacial score (nSPS) is 26.8. The maximum Gasteiger partial charge on any atom is 0.261 e. The Balaban J connectivity index is 1.65. The molecule has 0 aromatic heterocycles. The van der Waals surface area contributed by atoms with E-state index in [1.54, 1.807) is 5.01 Å². The predicted molar refractivity (Wildman–Crippen MR) is 112 cm³/mol. The van der Waals surface area contributed by atoms with Crippen molar-refractivity contribution in [3.05, 3.63) is 58.6 Å². The smallest absolute Gasteiger partial charge is 0.261 e. The van der Waals surface area contributed by atoms with Crippen molar-refractivity contribution in [3.63, 3.8) is 0 Å². The Hall–Kier alpha value is -2.14. The molecule has 0 radical (unpaired) electrons. The van der Waals surface area contributed by atoms with Crippen LogP contribution in [0.15, 0.2) is 58.1 Å². The molecule has 5 rings (SSSR count). The zero-order valence-corrected chi connectivity index (χ0v) is 16.9. The van der Waals surface area contributed by atoms with Crippen LogP contribution in [0.4, 0.5) is 11.4 Å². The number of nitrogens with zero attached hydrogens (tertiary/aromatic N) is 3. The number of amides is 1. The number of hydrazone groups is 1. The van der Waals surface area contributed by atoms with E-state index in [-0.39, 0.29) is 11.9 Å². The minimum atomic E-state index is -0.565. The Labute approximate surface area is 168 Å². The zero-order valence-electron chi connectivity index (χ0n) is 15.4. The van der Waals surface area contributed by atoms with Gasteiger partial charge in [-0.1, -0.05) is 34.1 Å². The fourth-order valence-electron chi connectivity index (χ4n) is 5.09. The summed E-state index contributed by atoms with van der Waals surface area (Å²) in [6.45, 7) is 3.05. The molecule has 138 valence electrons. The number of anilines is 2. The molecule has 3 heterocycles. The summed E-state index contributed by atoms with van der Waals surface area (Å²) < 4.78 is 1.06. The minimum Gasteiger partial charge on any atom is -0.367 e. The van der Waals surface area contributed by atoms with E-state index in [1.807, 2.05) is 37.3 Å². The fourth-order valence-corrected chi connectivity index (χ4v) is 5.49. The second-order valence-electron chi connectivity index (χ2n) is 7.76. The topological polar surface area (TPSA) is 35.9 Å². The average molecular weight is 424 g/mol. The van der Waals surface area contributed by atoms with E-state index in [4.69, 9.17) is 5.10 Å². The average Bonchev–Trinajstić information content (AvgIpc) is 2.94. The number of hydrogen-bond acceptors (Lipinski definition) is 3. The number of rotatable bonds is 1. The Morgan fingerprint density at radius 1 is 1.15 bits per heavy atom. The third-order valence-corrected chi connectivity index (χ3v) is 6.86. The van der Waals surface area contributed by atoms with Crippen molar-refractivity contribution >= 4 is 38.9 Å². The highest BCUT2D eigenvalue weighted by atomic mass is 79.9. The summed E-state index contributed by atoms with van der Waals surface area (Å²) in [4.78, 5) is 16.3. The van der Waals surface area contributed by atoms with E-state index >= 15 is 0 Å². The lowest BCUT2D eigenvalue weighted by Gasteiger charge is -2.51. The summed E-state index contributed by atoms with van der Waals surface area (Å²) in [6, 6.07) is 16.5. The fraction of sp³-hybridized carbons (Fsp3) is 0.364. The summed E-state index contributed by atoms with van der Waals surface area (Å²) >= 11 is 3.61. The van der Waals surface area contributed by atoms with Gasteiger partial charge in [0.25, 0.3) is 5.91 Å². The standard InChI is InChI=1S/C22H22BrN3O/c1-15-22(21(27)26(24-15)18-7-3-2-4-8-18)14-16-13-17(23)10-11-19(16)25-12-6-5-9-20(22)25/h2-4,7-8,10-11,13,20H,5-6,9,12,14H2,1H3. The van der Waals surface area contributed by atoms with Crippen molar-refractivity contribution in [3.8, 4) is 0 Å². The highest BCUT2D eigenvalue weighted by Crippen LogP contribution is 2.50. The maximum atomic E-state index is 13.8. The van der Waals surface area contributed by atoms with Crippen LogP contribution in [0.5, 0.6) is 0 Å². The number of carbonyl (C=O) groups is 1. The van der Waals surface area contributed by atoms with Gasteiger partial charge in [-0.3, -0.25) is 4.79 Å². The Kier molecular flexibility index (Phi) is 3.90. The molecule has 3 aliphatic heterocycles. The molecule has 0 aliphatic carbocycles. The van der Waals surface area contributed by atoms with E-state index in [0.717, 1.165) is 35.3 Å². The number of halogens is 1. The molecule has 2 aromatic carbocycles. The largest absolute Gasteiger partial charge is 0.367 e. The van der Waals surface area contributed by atoms with Gasteiger partial charge >= 0.3 is 0 Å². The quantitative estimate of drug-likeness (QED) is 0.661. The summed E-state index contributed by atoms with van der Waals surface area (Å²) in [6.07, 6.45) is 4.10. The molecule has 0 N–H and O–H groups in total. The molecular formula is C22H22BrN3O. The number of benzene rings is 2. The van der Waals surface area contributed by atoms with Gasteiger partial charge in [0.1, 0.15) is 5.41 Å². The van der Waals surface area contributed by atoms with Crippen LogP contribution in [0.2, 0.25) is 0 Å². The number of fused-ring (bicyclic) bond motifs is 4. The van der Waals surface area contributed by atoms with E-state index in [2.05, 4.69) is 39.0 Å². The van der Waals surface area contributed by atoms with Crippen LogP contribution in [0.3, 0.4) is 0 Å². The van der Waals surface area contributed by atoms with Crippen LogP contribution >= 0.6 is 15.9 Å². The van der Waals surface area contributed by atoms with Crippen molar-refractivity contribution < 1.29 is 4.79 Å². The molecule has 3 aliphatic rings. The molecule has 1 amide bonds. The Bertz CT molecular complexity index is 942. The van der Waals surface area contributed by atoms with Crippen molar-refractivity contribution in [1.82, 2.24) is 0 Å². The van der Waals surface area contributed by atoms with Gasteiger partial charge in [0.05, 0.1) is 11.4 Å². The molecule has 0 bridgehead atoms. The van der Waals surface area contributed by atoms with Crippen LogP contribution in [0.1, 0.15) is 31.7 Å². The molecule has 1 saturated heterocycles. The molecular weight excluding hydrogens is 402 g/mol. The zero-order chi connectivity index (χ0) is 18.6. The van der Waals surface area contributed by atoms with Crippen LogP contribution in [0.25, 0.3) is 0 Å². The van der Waals surface area contributed by atoms with Gasteiger partial charge in [0.2, 0.25) is 0 Å². The van der Waals surface area contributed by atoms with Crippen LogP contribution in [-0.2, 0) is 11.2 Å². The monoisotopic (exact) mass is 423 g/mol. The third-order valence-electron chi connectivity index (χ3n) is 6.36. The second kappa shape index (κ2) is 6.20. The molecule has 2 atom stereocenters. The molecule has 27 heavy (non-hydrogen) atoms. The van der Waals surface area contributed by atoms with Crippen molar-refractivity contribution in [2.24, 2.45) is 10.5 Å². The molecule has 5 heteroatoms. The summed E-state index contributed by atoms with van der Waals surface area (Å²) in [5.41, 5.74) is 3.75. The number of carbonyl (C=O) groups excluding carboxylic acids is 1. The van der Waals surface area contributed by atoms with Gasteiger partial charge in [0, 0.05) is 22.7 Å². The van der Waals surface area contributed by atoms with E-state index in [9.17, 15) is 4.79 Å². The van der Waals surface area contributed by atoms with E-state index in [1.165, 1.54) is 24.1 Å². The molecule has 1 fully saturated rings. The van der Waals surface area contributed by atoms with E-state index in [0.29, 0.717) is 0 Å². The lowest BCUT2D eigenvalue weighted by Crippen LogP contribution is -2.61. The van der Waals surface area contributed by atoms with Gasteiger partial charge in [-0.25, -0.2) is 0 Å². The summed E-state index contributed by atoms with van der Waals surface area (Å²) in [5, 5.41) is 6.40. The SMILES string of the molecule is CC1=NN(c2ccccc2)C(=O)C12Cc1cc(Br)ccc1N1CCCCC12. The highest BCUT2D eigenvalue weighted by Gasteiger charge is 2.59. The van der Waals surface area contributed by atoms with Gasteiger partial charge in [-0.15, -0.1) is 0 Å². The number of hydrogen-bond donors (Lipinski definition) is 0. The van der Waals surface area contributed by atoms with Crippen molar-refractivity contribution in [2.75, 3.05) is 16.5 Å². The Morgan fingerprint density at radius 3 is 2.78 bits per heavy atom. The van der Waals surface area contributed by atoms with Gasteiger partial charge < -0.3 is 4.90 Å². The molecule has 4 nitrogen and oxygen atoms in total. The van der Waals surface area contributed by atoms with E-state index < -0.39 is 5.41 Å². The first-order valence-electron chi connectivity index (χ1n) is 9.61. The van der Waals surface area contributed by atoms with Crippen molar-refractivity contribution in [2.45, 2.75) is 38.6 Å². The third kappa shape index (κ3) is 2.40. The summed E-state index contributed by atoms with van der Waals surface area (Å²) in [7, 11) is 0. The molecule has 0 saturated carbocycles. The molecule has 2 aromatic rings. The highest BCUT2D eigenvalue weighted by molar-refractivity contribution is 9.10. The minimum absolute atomic E-state index is 0.119. The first kappa shape index (κ1) is 17.0. The van der Waals surface area contributed by atoms with Crippen LogP contribution in [-0.4, -0.2) is 24.2 Å². The lowest BCUT2D eigenvalue weighted by molar-refractivity contribution is -0.125. The van der Waals surface area contributed by atoms with Crippen LogP contribution < -0.4 is 9.91 Å². The maximum absolute atomic E-state index is 13.8. The second-order valence-corrected chi connectivity index (χ2v) is 8.68. The van der Waals surface area contributed by atoms with Gasteiger partial charge in [-0.2, -0.15) is 10.1 Å². The first-order valence-corrected chi connectivity index (χ1v) is 10.4. The molecule has 2 unspecified atom stereocenters. The molecule has 1 spiro atoms.